The second-order valence-electron chi connectivity index (χ2n) is 8.37. The summed E-state index contributed by atoms with van der Waals surface area (Å²) in [6, 6.07) is 15.0. The molecule has 5 rings (SSSR count). The number of nitrogens with zero attached hydrogens (tertiary/aromatic N) is 2. The number of aliphatic hydroxyl groups excluding tert-OH is 1. The van der Waals surface area contributed by atoms with Crippen LogP contribution in [0.2, 0.25) is 0 Å². The molecule has 8 heteroatoms. The third-order valence-electron chi connectivity index (χ3n) is 6.02. The van der Waals surface area contributed by atoms with E-state index >= 15 is 0 Å². The van der Waals surface area contributed by atoms with E-state index in [1.807, 2.05) is 26.0 Å². The maximum Gasteiger partial charge on any atom is 0.301 e. The highest BCUT2D eigenvalue weighted by Gasteiger charge is 2.48. The van der Waals surface area contributed by atoms with Gasteiger partial charge in [-0.25, -0.2) is 9.37 Å². The summed E-state index contributed by atoms with van der Waals surface area (Å²) >= 11 is 1.29. The van der Waals surface area contributed by atoms with E-state index in [0.717, 1.165) is 21.3 Å². The van der Waals surface area contributed by atoms with E-state index in [0.29, 0.717) is 22.0 Å². The molecule has 176 valence electrons. The number of aryl methyl sites for hydroxylation is 2. The summed E-state index contributed by atoms with van der Waals surface area (Å²) < 4.78 is 19.8. The summed E-state index contributed by atoms with van der Waals surface area (Å²) in [6.45, 7) is 3.92. The second kappa shape index (κ2) is 8.63. The van der Waals surface area contributed by atoms with E-state index in [-0.39, 0.29) is 11.3 Å². The molecule has 0 saturated carbocycles. The molecular formula is C27H21FN2O4S. The number of aromatic nitrogens is 1. The summed E-state index contributed by atoms with van der Waals surface area (Å²) in [6.07, 6.45) is 0. The monoisotopic (exact) mass is 488 g/mol. The van der Waals surface area contributed by atoms with Gasteiger partial charge in [-0.1, -0.05) is 29.5 Å². The van der Waals surface area contributed by atoms with Gasteiger partial charge in [0.05, 0.1) is 28.9 Å². The van der Waals surface area contributed by atoms with Crippen LogP contribution in [0.1, 0.15) is 28.3 Å². The molecule has 0 spiro atoms. The zero-order valence-corrected chi connectivity index (χ0v) is 20.0. The maximum absolute atomic E-state index is 13.7. The van der Waals surface area contributed by atoms with Crippen LogP contribution in [0.5, 0.6) is 5.75 Å². The molecule has 0 bridgehead atoms. The number of Topliss-reactive ketones (excluding diaryl/α,β-unsaturated/α-hetero) is 1. The number of benzene rings is 3. The van der Waals surface area contributed by atoms with Crippen LogP contribution < -0.4 is 9.64 Å². The zero-order valence-electron chi connectivity index (χ0n) is 19.2. The Hall–Kier alpha value is -4.04. The Morgan fingerprint density at radius 3 is 2.40 bits per heavy atom. The number of ether oxygens (including phenoxy) is 1. The van der Waals surface area contributed by atoms with Crippen LogP contribution in [0, 0.1) is 19.7 Å². The Morgan fingerprint density at radius 2 is 1.74 bits per heavy atom. The largest absolute Gasteiger partial charge is 0.507 e. The Kier molecular flexibility index (Phi) is 5.61. The van der Waals surface area contributed by atoms with Crippen molar-refractivity contribution < 1.29 is 23.8 Å². The minimum Gasteiger partial charge on any atom is -0.507 e. The van der Waals surface area contributed by atoms with E-state index in [9.17, 15) is 19.1 Å². The van der Waals surface area contributed by atoms with Crippen molar-refractivity contribution in [3.63, 3.8) is 0 Å². The minimum absolute atomic E-state index is 0.0843. The molecule has 0 radical (unpaired) electrons. The molecule has 1 atom stereocenters. The Morgan fingerprint density at radius 1 is 1.06 bits per heavy atom. The molecule has 0 aliphatic carbocycles. The third kappa shape index (κ3) is 3.85. The molecule has 1 N–H and O–H groups in total. The summed E-state index contributed by atoms with van der Waals surface area (Å²) in [5.74, 6) is -1.83. The number of rotatable bonds is 4. The number of aliphatic hydroxyl groups is 1. The number of carbonyl (C=O) groups is 2. The summed E-state index contributed by atoms with van der Waals surface area (Å²) in [5.41, 5.74) is 3.50. The van der Waals surface area contributed by atoms with Crippen molar-refractivity contribution in [1.82, 2.24) is 4.98 Å². The van der Waals surface area contributed by atoms with Crippen LogP contribution in [0.4, 0.5) is 9.52 Å². The first kappa shape index (κ1) is 22.7. The van der Waals surface area contributed by atoms with Crippen molar-refractivity contribution in [3.05, 3.63) is 94.3 Å². The summed E-state index contributed by atoms with van der Waals surface area (Å²) in [7, 11) is 1.52. The fourth-order valence-electron chi connectivity index (χ4n) is 4.36. The van der Waals surface area contributed by atoms with E-state index in [1.165, 1.54) is 47.6 Å². The summed E-state index contributed by atoms with van der Waals surface area (Å²) in [4.78, 5) is 32.6. The first-order valence-electron chi connectivity index (χ1n) is 10.9. The molecule has 1 saturated heterocycles. The number of carbonyl (C=O) groups excluding carboxylic acids is 2. The van der Waals surface area contributed by atoms with Crippen molar-refractivity contribution in [2.24, 2.45) is 0 Å². The van der Waals surface area contributed by atoms with Gasteiger partial charge in [-0.15, -0.1) is 0 Å². The molecular weight excluding hydrogens is 467 g/mol. The van der Waals surface area contributed by atoms with Gasteiger partial charge in [-0.3, -0.25) is 14.5 Å². The number of ketones is 1. The van der Waals surface area contributed by atoms with E-state index in [4.69, 9.17) is 4.74 Å². The van der Waals surface area contributed by atoms with Crippen LogP contribution >= 0.6 is 11.3 Å². The van der Waals surface area contributed by atoms with E-state index < -0.39 is 23.5 Å². The van der Waals surface area contributed by atoms with Crippen LogP contribution in [-0.4, -0.2) is 28.9 Å². The standard InChI is InChI=1S/C27H21FN2O4S/c1-14-12-15(2)22-20(13-14)35-27(29-22)30-23(16-4-8-18(28)9-5-16)21(25(32)26(30)33)24(31)17-6-10-19(34-3)11-7-17/h4-13,23,31H,1-3H3/b24-21+/t23-/m1/s1. The van der Waals surface area contributed by atoms with Gasteiger partial charge in [-0.2, -0.15) is 0 Å². The van der Waals surface area contributed by atoms with Crippen LogP contribution in [0.25, 0.3) is 16.0 Å². The van der Waals surface area contributed by atoms with Crippen molar-refractivity contribution in [3.8, 4) is 5.75 Å². The second-order valence-corrected chi connectivity index (χ2v) is 9.38. The molecule has 1 aliphatic heterocycles. The number of fused-ring (bicyclic) bond motifs is 1. The fourth-order valence-corrected chi connectivity index (χ4v) is 5.53. The van der Waals surface area contributed by atoms with Crippen molar-refractivity contribution in [2.45, 2.75) is 19.9 Å². The lowest BCUT2D eigenvalue weighted by atomic mass is 9.95. The average Bonchev–Trinajstić information content (AvgIpc) is 3.38. The average molecular weight is 489 g/mol. The van der Waals surface area contributed by atoms with Crippen LogP contribution in [0.15, 0.2) is 66.2 Å². The quantitative estimate of drug-likeness (QED) is 0.227. The highest BCUT2D eigenvalue weighted by molar-refractivity contribution is 7.22. The molecule has 1 amide bonds. The highest BCUT2D eigenvalue weighted by atomic mass is 32.1. The Balaban J connectivity index is 1.72. The molecule has 3 aromatic carbocycles. The van der Waals surface area contributed by atoms with Crippen LogP contribution in [-0.2, 0) is 9.59 Å². The van der Waals surface area contributed by atoms with Gasteiger partial charge in [0.25, 0.3) is 5.78 Å². The fraction of sp³-hybridized carbons (Fsp3) is 0.148. The topological polar surface area (TPSA) is 79.7 Å². The SMILES string of the molecule is COc1ccc(/C(O)=C2\C(=O)C(=O)N(c3nc4c(C)cc(C)cc4s3)[C@@H]2c2ccc(F)cc2)cc1. The Bertz CT molecular complexity index is 1510. The lowest BCUT2D eigenvalue weighted by Gasteiger charge is -2.23. The number of thiazole rings is 1. The third-order valence-corrected chi connectivity index (χ3v) is 7.02. The lowest BCUT2D eigenvalue weighted by Crippen LogP contribution is -2.29. The molecule has 35 heavy (non-hydrogen) atoms. The number of anilines is 1. The number of halogens is 1. The first-order valence-corrected chi connectivity index (χ1v) is 11.7. The number of hydrogen-bond acceptors (Lipinski definition) is 6. The van der Waals surface area contributed by atoms with Gasteiger partial charge in [0, 0.05) is 5.56 Å². The normalized spacial score (nSPS) is 17.4. The number of amides is 1. The molecule has 1 aliphatic rings. The van der Waals surface area contributed by atoms with Gasteiger partial charge in [0.15, 0.2) is 5.13 Å². The van der Waals surface area contributed by atoms with Crippen LogP contribution in [0.3, 0.4) is 0 Å². The van der Waals surface area contributed by atoms with Crippen molar-refractivity contribution >= 4 is 44.1 Å². The lowest BCUT2D eigenvalue weighted by molar-refractivity contribution is -0.132. The van der Waals surface area contributed by atoms with Gasteiger partial charge < -0.3 is 9.84 Å². The molecule has 6 nitrogen and oxygen atoms in total. The van der Waals surface area contributed by atoms with Gasteiger partial charge >= 0.3 is 5.91 Å². The molecule has 2 heterocycles. The zero-order chi connectivity index (χ0) is 24.9. The number of hydrogen-bond donors (Lipinski definition) is 1. The maximum atomic E-state index is 13.7. The molecule has 0 unspecified atom stereocenters. The molecule has 1 fully saturated rings. The predicted octanol–water partition coefficient (Wildman–Crippen LogP) is 5.69. The smallest absolute Gasteiger partial charge is 0.301 e. The highest BCUT2D eigenvalue weighted by Crippen LogP contribution is 2.44. The van der Waals surface area contributed by atoms with Gasteiger partial charge in [-0.05, 0) is 73.0 Å². The van der Waals surface area contributed by atoms with Gasteiger partial charge in [0.1, 0.15) is 17.3 Å². The summed E-state index contributed by atoms with van der Waals surface area (Å²) in [5, 5.41) is 11.5. The van der Waals surface area contributed by atoms with Crippen molar-refractivity contribution in [2.75, 3.05) is 12.0 Å². The molecule has 4 aromatic rings. The minimum atomic E-state index is -0.973. The number of methoxy groups -OCH3 is 1. The predicted molar refractivity (Wildman–Crippen MR) is 133 cm³/mol. The molecule has 1 aromatic heterocycles. The van der Waals surface area contributed by atoms with E-state index in [2.05, 4.69) is 4.98 Å². The van der Waals surface area contributed by atoms with Gasteiger partial charge in [0.2, 0.25) is 0 Å². The Labute approximate surface area is 204 Å². The van der Waals surface area contributed by atoms with Crippen molar-refractivity contribution in [1.29, 1.82) is 0 Å². The van der Waals surface area contributed by atoms with E-state index in [1.54, 1.807) is 24.3 Å². The first-order chi connectivity index (χ1) is 16.8.